The van der Waals surface area contributed by atoms with E-state index in [0.29, 0.717) is 5.69 Å². The Morgan fingerprint density at radius 2 is 1.68 bits per heavy atom. The highest BCUT2D eigenvalue weighted by Crippen LogP contribution is 2.31. The van der Waals surface area contributed by atoms with Crippen molar-refractivity contribution in [2.45, 2.75) is 11.5 Å². The van der Waals surface area contributed by atoms with Gasteiger partial charge in [-0.25, -0.2) is 30.6 Å². The molecule has 2 aromatic carbocycles. The van der Waals surface area contributed by atoms with E-state index in [2.05, 4.69) is 15.0 Å². The summed E-state index contributed by atoms with van der Waals surface area (Å²) in [7, 11) is -5.64. The number of aromatic nitrogens is 2. The van der Waals surface area contributed by atoms with Crippen molar-refractivity contribution < 1.29 is 35.1 Å². The lowest BCUT2D eigenvalue weighted by molar-refractivity contribution is 0.102. The number of aryl methyl sites for hydroxylation is 1. The monoisotopic (exact) mass is 624 g/mol. The van der Waals surface area contributed by atoms with Crippen LogP contribution in [-0.4, -0.2) is 44.8 Å². The van der Waals surface area contributed by atoms with Gasteiger partial charge >= 0.3 is 0 Å². The Bertz CT molecular complexity index is 1880. The molecular weight excluding hydrogens is 602 g/mol. The number of benzene rings is 2. The first-order valence-corrected chi connectivity index (χ1v) is 15.8. The van der Waals surface area contributed by atoms with Crippen molar-refractivity contribution in [3.8, 4) is 17.1 Å². The Balaban J connectivity index is 1.60. The summed E-state index contributed by atoms with van der Waals surface area (Å²) >= 11 is 6.07. The number of hydrogen-bond donors (Lipinski definition) is 2. The molecule has 0 radical (unpaired) electrons. The molecule has 2 aromatic heterocycles. The predicted molar refractivity (Wildman–Crippen MR) is 150 cm³/mol. The number of pyridine rings is 1. The van der Waals surface area contributed by atoms with Gasteiger partial charge in [-0.1, -0.05) is 11.6 Å². The maximum atomic E-state index is 14.1. The molecule has 0 bridgehead atoms. The summed E-state index contributed by atoms with van der Waals surface area (Å²) in [5.74, 6) is -2.08. The quantitative estimate of drug-likeness (QED) is 0.277. The third-order valence-corrected chi connectivity index (χ3v) is 7.46. The first-order valence-electron chi connectivity index (χ1n) is 11.6. The summed E-state index contributed by atoms with van der Waals surface area (Å²) in [6.07, 6.45) is 4.37. The molecule has 4 rings (SSSR count). The molecule has 0 atom stereocenters. The number of carbonyl (C=O) groups excluding carboxylic acids is 1. The van der Waals surface area contributed by atoms with Crippen LogP contribution in [0.1, 0.15) is 15.9 Å². The van der Waals surface area contributed by atoms with E-state index in [1.165, 1.54) is 36.5 Å². The average Bonchev–Trinajstić information content (AvgIpc) is 3.22. The van der Waals surface area contributed by atoms with E-state index < -0.39 is 37.4 Å². The summed E-state index contributed by atoms with van der Waals surface area (Å²) in [6, 6.07) is 9.99. The van der Waals surface area contributed by atoms with Crippen LogP contribution in [-0.2, 0) is 33.5 Å². The Labute approximate surface area is 239 Å². The van der Waals surface area contributed by atoms with E-state index in [4.69, 9.17) is 16.3 Å². The predicted octanol–water partition coefficient (Wildman–Crippen LogP) is 4.63. The van der Waals surface area contributed by atoms with E-state index >= 15 is 0 Å². The number of sulfone groups is 1. The molecule has 41 heavy (non-hydrogen) atoms. The summed E-state index contributed by atoms with van der Waals surface area (Å²) < 4.78 is 84.5. The molecule has 1 amide bonds. The van der Waals surface area contributed by atoms with Gasteiger partial charge < -0.3 is 14.6 Å². The number of nitrogens with zero attached hydrogens (tertiary/aromatic N) is 2. The van der Waals surface area contributed by atoms with Gasteiger partial charge in [0.25, 0.3) is 5.91 Å². The Hall–Kier alpha value is -4.01. The average molecular weight is 625 g/mol. The molecule has 0 unspecified atom stereocenters. The van der Waals surface area contributed by atoms with Gasteiger partial charge in [-0.15, -0.1) is 0 Å². The standard InChI is InChI=1S/C26H23ClF2N4O6S2/c1-33-13-16(26(34)31-20-7-17(27)8-21(11-20)32-41(3,37)38)6-23(33)25-24(10-19(29)12-30-25)39-14-15-4-18(28)9-22(5-15)40(2,35)36/h4-13,32H,14H2,1-3H3,(H,31,34). The second kappa shape index (κ2) is 11.5. The van der Waals surface area contributed by atoms with Crippen LogP contribution in [0.2, 0.25) is 5.02 Å². The highest BCUT2D eigenvalue weighted by atomic mass is 35.5. The Morgan fingerprint density at radius 1 is 0.976 bits per heavy atom. The van der Waals surface area contributed by atoms with E-state index in [1.54, 1.807) is 11.6 Å². The second-order valence-corrected chi connectivity index (χ2v) is 13.3. The van der Waals surface area contributed by atoms with Crippen molar-refractivity contribution in [1.82, 2.24) is 9.55 Å². The van der Waals surface area contributed by atoms with Crippen LogP contribution in [0.15, 0.2) is 65.8 Å². The summed E-state index contributed by atoms with van der Waals surface area (Å²) in [5, 5.41) is 2.82. The number of nitrogens with one attached hydrogen (secondary N) is 2. The van der Waals surface area contributed by atoms with E-state index in [9.17, 15) is 30.4 Å². The van der Waals surface area contributed by atoms with E-state index in [0.717, 1.165) is 36.9 Å². The Kier molecular flexibility index (Phi) is 8.38. The molecule has 0 saturated carbocycles. The first kappa shape index (κ1) is 30.0. The van der Waals surface area contributed by atoms with Crippen molar-refractivity contribution in [2.24, 2.45) is 7.05 Å². The maximum Gasteiger partial charge on any atom is 0.257 e. The molecule has 4 aromatic rings. The third-order valence-electron chi connectivity index (χ3n) is 5.54. The number of carbonyl (C=O) groups is 1. The zero-order valence-corrected chi connectivity index (χ0v) is 24.2. The fraction of sp³-hybridized carbons (Fsp3) is 0.154. The van der Waals surface area contributed by atoms with Crippen LogP contribution in [0.25, 0.3) is 11.4 Å². The van der Waals surface area contributed by atoms with Crippen molar-refractivity contribution >= 4 is 48.7 Å². The minimum atomic E-state index is -3.68. The van der Waals surface area contributed by atoms with Gasteiger partial charge in [0.15, 0.2) is 15.6 Å². The Morgan fingerprint density at radius 3 is 2.37 bits per heavy atom. The number of sulfonamides is 1. The number of hydrogen-bond acceptors (Lipinski definition) is 7. The fourth-order valence-corrected chi connectivity index (χ4v) is 5.34. The molecule has 2 heterocycles. The van der Waals surface area contributed by atoms with Gasteiger partial charge in [-0.3, -0.25) is 9.52 Å². The molecule has 0 aliphatic heterocycles. The first-order chi connectivity index (χ1) is 19.1. The molecule has 0 saturated heterocycles. The van der Waals surface area contributed by atoms with Crippen LogP contribution in [0.3, 0.4) is 0 Å². The minimum Gasteiger partial charge on any atom is -0.486 e. The van der Waals surface area contributed by atoms with Crippen molar-refractivity contribution in [3.05, 3.63) is 88.7 Å². The lowest BCUT2D eigenvalue weighted by atomic mass is 10.2. The fourth-order valence-electron chi connectivity index (χ4n) is 3.86. The summed E-state index contributed by atoms with van der Waals surface area (Å²) in [4.78, 5) is 16.9. The highest BCUT2D eigenvalue weighted by Gasteiger charge is 2.19. The maximum absolute atomic E-state index is 14.1. The molecule has 10 nitrogen and oxygen atoms in total. The number of rotatable bonds is 9. The molecule has 0 aliphatic carbocycles. The van der Waals surface area contributed by atoms with Crippen molar-refractivity contribution in [1.29, 1.82) is 0 Å². The second-order valence-electron chi connectivity index (χ2n) is 9.14. The molecule has 15 heteroatoms. The summed E-state index contributed by atoms with van der Waals surface area (Å²) in [5.41, 5.74) is 1.29. The van der Waals surface area contributed by atoms with Crippen LogP contribution in [0.5, 0.6) is 5.75 Å². The number of halogens is 3. The number of anilines is 2. The van der Waals surface area contributed by atoms with Crippen LogP contribution < -0.4 is 14.8 Å². The van der Waals surface area contributed by atoms with Gasteiger partial charge in [0.1, 0.15) is 23.9 Å². The van der Waals surface area contributed by atoms with E-state index in [1.807, 2.05) is 0 Å². The van der Waals surface area contributed by atoms with Crippen LogP contribution in [0.4, 0.5) is 20.2 Å². The molecule has 0 spiro atoms. The molecular formula is C26H23ClF2N4O6S2. The smallest absolute Gasteiger partial charge is 0.257 e. The zero-order valence-electron chi connectivity index (χ0n) is 21.8. The van der Waals surface area contributed by atoms with Crippen LogP contribution >= 0.6 is 11.6 Å². The van der Waals surface area contributed by atoms with Gasteiger partial charge in [0, 0.05) is 36.3 Å². The zero-order chi connectivity index (χ0) is 30.1. The largest absolute Gasteiger partial charge is 0.486 e. The lowest BCUT2D eigenvalue weighted by Gasteiger charge is -2.12. The number of ether oxygens (including phenoxy) is 1. The molecule has 0 aliphatic rings. The van der Waals surface area contributed by atoms with Crippen molar-refractivity contribution in [2.75, 3.05) is 22.6 Å². The van der Waals surface area contributed by atoms with Gasteiger partial charge in [-0.05, 0) is 48.0 Å². The van der Waals surface area contributed by atoms with E-state index in [-0.39, 0.29) is 50.5 Å². The lowest BCUT2D eigenvalue weighted by Crippen LogP contribution is -2.13. The highest BCUT2D eigenvalue weighted by molar-refractivity contribution is 7.92. The van der Waals surface area contributed by atoms with Gasteiger partial charge in [0.2, 0.25) is 10.0 Å². The number of amides is 1. The summed E-state index contributed by atoms with van der Waals surface area (Å²) in [6.45, 7) is -0.297. The minimum absolute atomic E-state index is 0.0327. The molecule has 0 fully saturated rings. The SMILES string of the molecule is Cn1cc(C(=O)Nc2cc(Cl)cc(NS(C)(=O)=O)c2)cc1-c1ncc(F)cc1OCc1cc(F)cc(S(C)(=O)=O)c1. The molecule has 2 N–H and O–H groups in total. The third kappa shape index (κ3) is 7.80. The van der Waals surface area contributed by atoms with Crippen molar-refractivity contribution in [3.63, 3.8) is 0 Å². The van der Waals surface area contributed by atoms with Crippen LogP contribution in [0, 0.1) is 11.6 Å². The van der Waals surface area contributed by atoms with Gasteiger partial charge in [0.05, 0.1) is 34.3 Å². The molecule has 216 valence electrons. The van der Waals surface area contributed by atoms with Gasteiger partial charge in [-0.2, -0.15) is 0 Å². The topological polar surface area (TPSA) is 136 Å². The normalized spacial score (nSPS) is 11.8.